The SMILES string of the molecule is Cc1noc(C)c1CN1C(=O)c2c(F)c(F)c(F)c(F)c2C1=O. The van der Waals surface area contributed by atoms with Crippen LogP contribution in [0, 0.1) is 37.1 Å². The smallest absolute Gasteiger partial charge is 0.265 e. The van der Waals surface area contributed by atoms with Gasteiger partial charge in [0.25, 0.3) is 11.8 Å². The molecule has 1 aromatic heterocycles. The number of imide groups is 1. The van der Waals surface area contributed by atoms with E-state index in [2.05, 4.69) is 5.16 Å². The first-order chi connectivity index (χ1) is 10.8. The molecule has 0 atom stereocenters. The van der Waals surface area contributed by atoms with Crippen molar-refractivity contribution < 1.29 is 31.7 Å². The highest BCUT2D eigenvalue weighted by Gasteiger charge is 2.44. The van der Waals surface area contributed by atoms with Crippen molar-refractivity contribution in [3.05, 3.63) is 51.4 Å². The Hall–Kier alpha value is -2.71. The maximum absolute atomic E-state index is 13.8. The normalized spacial score (nSPS) is 13.9. The van der Waals surface area contributed by atoms with Gasteiger partial charge in [-0.2, -0.15) is 0 Å². The van der Waals surface area contributed by atoms with Crippen LogP contribution in [-0.2, 0) is 6.54 Å². The highest BCUT2D eigenvalue weighted by atomic mass is 19.2. The Morgan fingerprint density at radius 2 is 1.39 bits per heavy atom. The van der Waals surface area contributed by atoms with Crippen molar-refractivity contribution >= 4 is 11.8 Å². The van der Waals surface area contributed by atoms with Crippen LogP contribution in [-0.4, -0.2) is 21.9 Å². The van der Waals surface area contributed by atoms with Crippen molar-refractivity contribution in [2.24, 2.45) is 0 Å². The summed E-state index contributed by atoms with van der Waals surface area (Å²) in [6.45, 7) is 2.69. The molecule has 0 unspecified atom stereocenters. The fourth-order valence-electron chi connectivity index (χ4n) is 2.42. The first kappa shape index (κ1) is 15.2. The average molecular weight is 328 g/mol. The Morgan fingerprint density at radius 1 is 0.913 bits per heavy atom. The first-order valence-corrected chi connectivity index (χ1v) is 6.39. The van der Waals surface area contributed by atoms with Crippen molar-refractivity contribution in [1.82, 2.24) is 10.1 Å². The fourth-order valence-corrected chi connectivity index (χ4v) is 2.42. The monoisotopic (exact) mass is 328 g/mol. The first-order valence-electron chi connectivity index (χ1n) is 6.39. The molecular weight excluding hydrogens is 320 g/mol. The van der Waals surface area contributed by atoms with E-state index >= 15 is 0 Å². The van der Waals surface area contributed by atoms with Gasteiger partial charge in [-0.15, -0.1) is 0 Å². The van der Waals surface area contributed by atoms with Crippen molar-refractivity contribution in [1.29, 1.82) is 0 Å². The van der Waals surface area contributed by atoms with Gasteiger partial charge < -0.3 is 4.52 Å². The number of rotatable bonds is 2. The Bertz CT molecular complexity index is 809. The molecule has 0 saturated carbocycles. The summed E-state index contributed by atoms with van der Waals surface area (Å²) < 4.78 is 59.0. The van der Waals surface area contributed by atoms with Gasteiger partial charge in [-0.25, -0.2) is 17.6 Å². The van der Waals surface area contributed by atoms with Gasteiger partial charge in [0.2, 0.25) is 0 Å². The van der Waals surface area contributed by atoms with Crippen LogP contribution >= 0.6 is 0 Å². The predicted octanol–water partition coefficient (Wildman–Crippen LogP) is 2.64. The second-order valence-corrected chi connectivity index (χ2v) is 5.01. The van der Waals surface area contributed by atoms with E-state index in [-0.39, 0.29) is 6.54 Å². The molecule has 0 N–H and O–H groups in total. The third-order valence-corrected chi connectivity index (χ3v) is 3.68. The van der Waals surface area contributed by atoms with E-state index in [1.807, 2.05) is 0 Å². The predicted molar refractivity (Wildman–Crippen MR) is 66.5 cm³/mol. The number of amides is 2. The summed E-state index contributed by atoms with van der Waals surface area (Å²) in [7, 11) is 0. The van der Waals surface area contributed by atoms with Gasteiger partial charge in [0.15, 0.2) is 23.3 Å². The Kier molecular flexibility index (Phi) is 3.24. The molecule has 2 heterocycles. The van der Waals surface area contributed by atoms with Gasteiger partial charge in [0.1, 0.15) is 5.76 Å². The molecule has 0 radical (unpaired) electrons. The maximum Gasteiger partial charge on any atom is 0.265 e. The number of benzene rings is 1. The number of hydrogen-bond donors (Lipinski definition) is 0. The summed E-state index contributed by atoms with van der Waals surface area (Å²) in [5, 5.41) is 3.63. The molecule has 1 aliphatic heterocycles. The Labute approximate surface area is 126 Å². The van der Waals surface area contributed by atoms with Crippen LogP contribution < -0.4 is 0 Å². The summed E-state index contributed by atoms with van der Waals surface area (Å²) in [5.41, 5.74) is -1.49. The molecule has 1 aromatic carbocycles. The molecule has 1 aliphatic rings. The molecule has 120 valence electrons. The van der Waals surface area contributed by atoms with E-state index in [1.165, 1.54) is 6.92 Å². The highest BCUT2D eigenvalue weighted by molar-refractivity contribution is 6.21. The van der Waals surface area contributed by atoms with E-state index in [9.17, 15) is 27.2 Å². The van der Waals surface area contributed by atoms with Gasteiger partial charge >= 0.3 is 0 Å². The van der Waals surface area contributed by atoms with E-state index < -0.39 is 46.2 Å². The molecule has 0 bridgehead atoms. The molecule has 5 nitrogen and oxygen atoms in total. The minimum absolute atomic E-state index is 0.303. The Morgan fingerprint density at radius 3 is 1.78 bits per heavy atom. The van der Waals surface area contributed by atoms with Crippen molar-refractivity contribution in [3.63, 3.8) is 0 Å². The molecule has 0 spiro atoms. The van der Waals surface area contributed by atoms with Gasteiger partial charge in [-0.1, -0.05) is 5.16 Å². The molecule has 0 saturated heterocycles. The van der Waals surface area contributed by atoms with Gasteiger partial charge in [-0.3, -0.25) is 14.5 Å². The minimum atomic E-state index is -2.14. The highest BCUT2D eigenvalue weighted by Crippen LogP contribution is 2.32. The number of hydrogen-bond acceptors (Lipinski definition) is 4. The zero-order valence-corrected chi connectivity index (χ0v) is 11.8. The van der Waals surface area contributed by atoms with Gasteiger partial charge in [0, 0.05) is 5.56 Å². The van der Waals surface area contributed by atoms with Gasteiger partial charge in [0.05, 0.1) is 23.4 Å². The lowest BCUT2D eigenvalue weighted by atomic mass is 10.1. The standard InChI is InChI=1S/C14H8F4N2O3/c1-4-6(5(2)23-19-4)3-20-13(21)7-8(14(20)22)10(16)12(18)11(17)9(7)15/h3H2,1-2H3. The number of halogens is 4. The fraction of sp³-hybridized carbons (Fsp3) is 0.214. The second-order valence-electron chi connectivity index (χ2n) is 5.01. The molecule has 3 rings (SSSR count). The van der Waals surface area contributed by atoms with Crippen LogP contribution in [0.4, 0.5) is 17.6 Å². The number of nitrogens with zero attached hydrogens (tertiary/aromatic N) is 2. The van der Waals surface area contributed by atoms with Crippen LogP contribution in [0.25, 0.3) is 0 Å². The minimum Gasteiger partial charge on any atom is -0.361 e. The van der Waals surface area contributed by atoms with Crippen molar-refractivity contribution in [3.8, 4) is 0 Å². The van der Waals surface area contributed by atoms with E-state index in [1.54, 1.807) is 6.92 Å². The van der Waals surface area contributed by atoms with Crippen LogP contribution in [0.5, 0.6) is 0 Å². The molecule has 0 aliphatic carbocycles. The van der Waals surface area contributed by atoms with Gasteiger partial charge in [-0.05, 0) is 13.8 Å². The quantitative estimate of drug-likeness (QED) is 0.368. The summed E-state index contributed by atoms with van der Waals surface area (Å²) >= 11 is 0. The van der Waals surface area contributed by atoms with E-state index in [0.29, 0.717) is 21.9 Å². The number of carbonyl (C=O) groups is 2. The number of carbonyl (C=O) groups excluding carboxylic acids is 2. The summed E-state index contributed by atoms with van der Waals surface area (Å²) in [4.78, 5) is 24.8. The number of aromatic nitrogens is 1. The molecule has 2 amide bonds. The lowest BCUT2D eigenvalue weighted by Gasteiger charge is -2.13. The summed E-state index contributed by atoms with van der Waals surface area (Å²) in [6.07, 6.45) is 0. The van der Waals surface area contributed by atoms with Crippen LogP contribution in [0.15, 0.2) is 4.52 Å². The second kappa shape index (κ2) is 4.90. The van der Waals surface area contributed by atoms with Crippen LogP contribution in [0.1, 0.15) is 37.7 Å². The summed E-state index contributed by atoms with van der Waals surface area (Å²) in [5.74, 6) is -10.3. The molecule has 0 fully saturated rings. The van der Waals surface area contributed by atoms with E-state index in [0.717, 1.165) is 0 Å². The molecule has 2 aromatic rings. The van der Waals surface area contributed by atoms with Crippen molar-refractivity contribution in [2.45, 2.75) is 20.4 Å². The average Bonchev–Trinajstić information content (AvgIpc) is 2.95. The topological polar surface area (TPSA) is 63.4 Å². The molecular formula is C14H8F4N2O3. The third kappa shape index (κ3) is 1.96. The van der Waals surface area contributed by atoms with Crippen LogP contribution in [0.2, 0.25) is 0 Å². The van der Waals surface area contributed by atoms with Crippen molar-refractivity contribution in [2.75, 3.05) is 0 Å². The third-order valence-electron chi connectivity index (χ3n) is 3.68. The lowest BCUT2D eigenvalue weighted by Crippen LogP contribution is -2.29. The summed E-state index contributed by atoms with van der Waals surface area (Å²) in [6, 6.07) is 0. The Balaban J connectivity index is 2.12. The molecule has 23 heavy (non-hydrogen) atoms. The zero-order chi connectivity index (χ0) is 17.0. The van der Waals surface area contributed by atoms with Crippen LogP contribution in [0.3, 0.4) is 0 Å². The maximum atomic E-state index is 13.8. The largest absolute Gasteiger partial charge is 0.361 e. The number of aryl methyl sites for hydroxylation is 2. The lowest BCUT2D eigenvalue weighted by molar-refractivity contribution is 0.0639. The zero-order valence-electron chi connectivity index (χ0n) is 11.8. The number of fused-ring (bicyclic) bond motifs is 1. The molecule has 9 heteroatoms. The van der Waals surface area contributed by atoms with E-state index in [4.69, 9.17) is 4.52 Å².